The fourth-order valence-electron chi connectivity index (χ4n) is 2.15. The highest BCUT2D eigenvalue weighted by molar-refractivity contribution is 5.74. The molecular weight excluding hydrogens is 231 g/mol. The van der Waals surface area contributed by atoms with Crippen molar-refractivity contribution < 1.29 is 9.18 Å². The highest BCUT2D eigenvalue weighted by Crippen LogP contribution is 2.15. The first-order valence-corrected chi connectivity index (χ1v) is 6.41. The minimum atomic E-state index is -0.749. The molecular formula is C14H19FN2O. The van der Waals surface area contributed by atoms with Crippen molar-refractivity contribution in [1.29, 1.82) is 0 Å². The highest BCUT2D eigenvalue weighted by atomic mass is 19.1. The van der Waals surface area contributed by atoms with E-state index in [0.29, 0.717) is 25.9 Å². The topological polar surface area (TPSA) is 32.3 Å². The number of hydrogen-bond acceptors (Lipinski definition) is 1. The summed E-state index contributed by atoms with van der Waals surface area (Å²) in [5, 5.41) is 2.95. The Hall–Kier alpha value is -1.58. The van der Waals surface area contributed by atoms with Crippen molar-refractivity contribution in [3.8, 4) is 0 Å². The number of nitrogens with zero attached hydrogens (tertiary/aromatic N) is 1. The number of rotatable bonds is 2. The third kappa shape index (κ3) is 3.22. The largest absolute Gasteiger partial charge is 0.331 e. The molecule has 1 unspecified atom stereocenters. The first-order valence-electron chi connectivity index (χ1n) is 6.41. The minimum absolute atomic E-state index is 0.0261. The van der Waals surface area contributed by atoms with Gasteiger partial charge in [-0.3, -0.25) is 0 Å². The van der Waals surface area contributed by atoms with Gasteiger partial charge in [0.2, 0.25) is 0 Å². The zero-order valence-corrected chi connectivity index (χ0v) is 10.6. The Morgan fingerprint density at radius 1 is 1.33 bits per heavy atom. The first-order chi connectivity index (χ1) is 8.66. The predicted molar refractivity (Wildman–Crippen MR) is 69.1 cm³/mol. The van der Waals surface area contributed by atoms with Crippen LogP contribution >= 0.6 is 0 Å². The van der Waals surface area contributed by atoms with Crippen LogP contribution in [-0.2, 0) is 0 Å². The zero-order valence-electron chi connectivity index (χ0n) is 10.6. The molecule has 0 aliphatic carbocycles. The van der Waals surface area contributed by atoms with Gasteiger partial charge in [0.15, 0.2) is 0 Å². The number of amides is 2. The van der Waals surface area contributed by atoms with Crippen LogP contribution in [0, 0.1) is 0 Å². The van der Waals surface area contributed by atoms with Crippen molar-refractivity contribution in [2.75, 3.05) is 13.1 Å². The third-order valence-corrected chi connectivity index (χ3v) is 3.35. The lowest BCUT2D eigenvalue weighted by atomic mass is 10.1. The Bertz CT molecular complexity index is 388. The molecule has 1 atom stereocenters. The summed E-state index contributed by atoms with van der Waals surface area (Å²) >= 11 is 0. The molecule has 1 N–H and O–H groups in total. The molecule has 0 radical (unpaired) electrons. The molecule has 2 amide bonds. The Balaban J connectivity index is 1.87. The van der Waals surface area contributed by atoms with E-state index >= 15 is 0 Å². The van der Waals surface area contributed by atoms with Gasteiger partial charge in [0.05, 0.1) is 6.04 Å². The summed E-state index contributed by atoms with van der Waals surface area (Å²) in [5.74, 6) is 0. The normalized spacial score (nSPS) is 18.4. The maximum absolute atomic E-state index is 13.0. The average Bonchev–Trinajstić information content (AvgIpc) is 2.40. The van der Waals surface area contributed by atoms with Crippen molar-refractivity contribution in [1.82, 2.24) is 10.2 Å². The van der Waals surface area contributed by atoms with E-state index in [-0.39, 0.29) is 12.1 Å². The molecule has 1 aliphatic rings. The average molecular weight is 250 g/mol. The number of urea groups is 1. The van der Waals surface area contributed by atoms with Crippen LogP contribution in [-0.4, -0.2) is 30.2 Å². The fraction of sp³-hybridized carbons (Fsp3) is 0.500. The number of alkyl halides is 1. The number of benzene rings is 1. The van der Waals surface area contributed by atoms with Crippen LogP contribution in [0.4, 0.5) is 9.18 Å². The number of nitrogens with one attached hydrogen (secondary N) is 1. The second kappa shape index (κ2) is 5.85. The monoisotopic (exact) mass is 250 g/mol. The molecule has 1 heterocycles. The minimum Gasteiger partial charge on any atom is -0.331 e. The number of likely N-dealkylation sites (tertiary alicyclic amines) is 1. The van der Waals surface area contributed by atoms with E-state index in [1.165, 1.54) is 0 Å². The Labute approximate surface area is 107 Å². The van der Waals surface area contributed by atoms with E-state index in [1.54, 1.807) is 4.90 Å². The van der Waals surface area contributed by atoms with E-state index in [0.717, 1.165) is 5.56 Å². The quantitative estimate of drug-likeness (QED) is 0.860. The summed E-state index contributed by atoms with van der Waals surface area (Å²) in [5.41, 5.74) is 1.08. The number of carbonyl (C=O) groups excluding carboxylic acids is 1. The van der Waals surface area contributed by atoms with E-state index in [2.05, 4.69) is 5.32 Å². The molecule has 0 saturated carbocycles. The Morgan fingerprint density at radius 2 is 1.94 bits per heavy atom. The van der Waals surface area contributed by atoms with Gasteiger partial charge in [0, 0.05) is 13.1 Å². The molecule has 1 aliphatic heterocycles. The number of piperidine rings is 1. The Morgan fingerprint density at radius 3 is 2.56 bits per heavy atom. The fourth-order valence-corrected chi connectivity index (χ4v) is 2.15. The summed E-state index contributed by atoms with van der Waals surface area (Å²) in [6, 6.07) is 9.70. The maximum atomic E-state index is 13.0. The van der Waals surface area contributed by atoms with Crippen molar-refractivity contribution in [2.24, 2.45) is 0 Å². The lowest BCUT2D eigenvalue weighted by molar-refractivity contribution is 0.150. The molecule has 1 saturated heterocycles. The molecule has 0 bridgehead atoms. The SMILES string of the molecule is CC(NC(=O)N1CCC(F)CC1)c1ccccc1. The van der Waals surface area contributed by atoms with Crippen LogP contribution < -0.4 is 5.32 Å². The maximum Gasteiger partial charge on any atom is 0.317 e. The van der Waals surface area contributed by atoms with Crippen LogP contribution in [0.5, 0.6) is 0 Å². The van der Waals surface area contributed by atoms with Crippen molar-refractivity contribution >= 4 is 6.03 Å². The summed E-state index contributed by atoms with van der Waals surface area (Å²) in [4.78, 5) is 13.7. The zero-order chi connectivity index (χ0) is 13.0. The summed E-state index contributed by atoms with van der Waals surface area (Å²) < 4.78 is 13.0. The number of carbonyl (C=O) groups is 1. The van der Waals surface area contributed by atoms with Gasteiger partial charge >= 0.3 is 6.03 Å². The summed E-state index contributed by atoms with van der Waals surface area (Å²) in [6.07, 6.45) is 0.154. The molecule has 98 valence electrons. The van der Waals surface area contributed by atoms with Crippen molar-refractivity contribution in [2.45, 2.75) is 32.0 Å². The molecule has 3 nitrogen and oxygen atoms in total. The Kier molecular flexibility index (Phi) is 4.18. The van der Waals surface area contributed by atoms with Crippen LogP contribution in [0.15, 0.2) is 30.3 Å². The van der Waals surface area contributed by atoms with Gasteiger partial charge < -0.3 is 10.2 Å². The number of halogens is 1. The molecule has 0 spiro atoms. The van der Waals surface area contributed by atoms with Gasteiger partial charge in [-0.2, -0.15) is 0 Å². The van der Waals surface area contributed by atoms with Crippen LogP contribution in [0.2, 0.25) is 0 Å². The lowest BCUT2D eigenvalue weighted by Gasteiger charge is -2.30. The van der Waals surface area contributed by atoms with E-state index in [1.807, 2.05) is 37.3 Å². The highest BCUT2D eigenvalue weighted by Gasteiger charge is 2.23. The standard InChI is InChI=1S/C14H19FN2O/c1-11(12-5-3-2-4-6-12)16-14(18)17-9-7-13(15)8-10-17/h2-6,11,13H,7-10H2,1H3,(H,16,18). The molecule has 2 rings (SSSR count). The van der Waals surface area contributed by atoms with Gasteiger partial charge in [-0.05, 0) is 25.3 Å². The van der Waals surface area contributed by atoms with Crippen LogP contribution in [0.1, 0.15) is 31.4 Å². The molecule has 0 aromatic heterocycles. The smallest absolute Gasteiger partial charge is 0.317 e. The number of hydrogen-bond donors (Lipinski definition) is 1. The van der Waals surface area contributed by atoms with Gasteiger partial charge in [-0.25, -0.2) is 9.18 Å². The van der Waals surface area contributed by atoms with E-state index in [9.17, 15) is 9.18 Å². The molecule has 18 heavy (non-hydrogen) atoms. The summed E-state index contributed by atoms with van der Waals surface area (Å²) in [7, 11) is 0. The molecule has 4 heteroatoms. The predicted octanol–water partition coefficient (Wildman–Crippen LogP) is 2.89. The molecule has 1 aromatic rings. The van der Waals surface area contributed by atoms with Crippen LogP contribution in [0.25, 0.3) is 0 Å². The lowest BCUT2D eigenvalue weighted by Crippen LogP contribution is -2.45. The van der Waals surface area contributed by atoms with Gasteiger partial charge in [0.25, 0.3) is 0 Å². The van der Waals surface area contributed by atoms with Crippen molar-refractivity contribution in [3.05, 3.63) is 35.9 Å². The summed E-state index contributed by atoms with van der Waals surface area (Å²) in [6.45, 7) is 2.97. The van der Waals surface area contributed by atoms with E-state index < -0.39 is 6.17 Å². The van der Waals surface area contributed by atoms with Crippen molar-refractivity contribution in [3.63, 3.8) is 0 Å². The molecule has 1 aromatic carbocycles. The van der Waals surface area contributed by atoms with E-state index in [4.69, 9.17) is 0 Å². The van der Waals surface area contributed by atoms with Gasteiger partial charge in [-0.15, -0.1) is 0 Å². The molecule has 1 fully saturated rings. The second-order valence-corrected chi connectivity index (χ2v) is 4.74. The van der Waals surface area contributed by atoms with Gasteiger partial charge in [0.1, 0.15) is 6.17 Å². The third-order valence-electron chi connectivity index (χ3n) is 3.35. The van der Waals surface area contributed by atoms with Crippen LogP contribution in [0.3, 0.4) is 0 Å². The first kappa shape index (κ1) is 12.9. The van der Waals surface area contributed by atoms with Gasteiger partial charge in [-0.1, -0.05) is 30.3 Å². The second-order valence-electron chi connectivity index (χ2n) is 4.74.